The van der Waals surface area contributed by atoms with Crippen molar-refractivity contribution >= 4 is 11.9 Å². The molecule has 0 aromatic carbocycles. The Morgan fingerprint density at radius 2 is 2.08 bits per heavy atom. The maximum Gasteiger partial charge on any atom is 0.323 e. The fraction of sp³-hybridized carbons (Fsp3) is 0.667. The third kappa shape index (κ3) is 4.64. The predicted octanol–water partition coefficient (Wildman–Crippen LogP) is -1.68. The maximum atomic E-state index is 10.7. The van der Waals surface area contributed by atoms with Crippen LogP contribution in [0, 0.1) is 0 Å². The Hall–Kier alpha value is -1.14. The highest BCUT2D eigenvalue weighted by molar-refractivity contribution is 5.81. The van der Waals surface area contributed by atoms with Gasteiger partial charge in [-0.25, -0.2) is 0 Å². The molecule has 0 radical (unpaired) electrons. The van der Waals surface area contributed by atoms with Crippen LogP contribution in [0.2, 0.25) is 0 Å². The van der Waals surface area contributed by atoms with Gasteiger partial charge in [-0.05, 0) is 0 Å². The van der Waals surface area contributed by atoms with Crippen LogP contribution >= 0.6 is 0 Å². The normalized spacial score (nSPS) is 12.2. The summed E-state index contributed by atoms with van der Waals surface area (Å²) in [6.45, 7) is -0.461. The average molecular weight is 177 g/mol. The second kappa shape index (κ2) is 5.50. The summed E-state index contributed by atoms with van der Waals surface area (Å²) in [4.78, 5) is 20.8. The van der Waals surface area contributed by atoms with Gasteiger partial charge in [0, 0.05) is 0 Å². The van der Waals surface area contributed by atoms with E-state index < -0.39 is 24.4 Å². The lowest BCUT2D eigenvalue weighted by Crippen LogP contribution is -2.34. The molecule has 0 bridgehead atoms. The second-order valence-corrected chi connectivity index (χ2v) is 2.10. The number of aliphatic hydroxyl groups is 1. The van der Waals surface area contributed by atoms with Crippen LogP contribution in [0.1, 0.15) is 6.42 Å². The molecule has 0 unspecified atom stereocenters. The van der Waals surface area contributed by atoms with Gasteiger partial charge in [0.25, 0.3) is 0 Å². The van der Waals surface area contributed by atoms with Gasteiger partial charge < -0.3 is 20.7 Å². The van der Waals surface area contributed by atoms with Crippen molar-refractivity contribution < 1.29 is 24.5 Å². The number of carboxylic acid groups (broad SMARTS) is 1. The molecule has 0 heterocycles. The first kappa shape index (κ1) is 10.9. The molecular weight excluding hydrogens is 166 g/mol. The summed E-state index contributed by atoms with van der Waals surface area (Å²) >= 11 is 0. The summed E-state index contributed by atoms with van der Waals surface area (Å²) in [5.74, 6) is -1.98. The molecule has 0 amide bonds. The lowest BCUT2D eigenvalue weighted by atomic mass is 10.2. The number of hydrogen-bond acceptors (Lipinski definition) is 5. The molecule has 0 aromatic rings. The van der Waals surface area contributed by atoms with Crippen LogP contribution in [-0.4, -0.2) is 41.4 Å². The van der Waals surface area contributed by atoms with E-state index in [1.165, 1.54) is 0 Å². The quantitative estimate of drug-likeness (QED) is 0.433. The van der Waals surface area contributed by atoms with Crippen molar-refractivity contribution in [2.24, 2.45) is 5.73 Å². The molecule has 0 aromatic heterocycles. The molecule has 0 aliphatic rings. The van der Waals surface area contributed by atoms with Gasteiger partial charge in [-0.15, -0.1) is 0 Å². The number of aliphatic carboxylic acids is 1. The maximum absolute atomic E-state index is 10.7. The second-order valence-electron chi connectivity index (χ2n) is 2.10. The Bertz CT molecular complexity index is 169. The Labute approximate surface area is 68.9 Å². The van der Waals surface area contributed by atoms with Crippen molar-refractivity contribution in [3.63, 3.8) is 0 Å². The summed E-state index contributed by atoms with van der Waals surface area (Å²) < 4.78 is 4.38. The van der Waals surface area contributed by atoms with E-state index in [0.717, 1.165) is 0 Å². The molecule has 0 spiro atoms. The van der Waals surface area contributed by atoms with Gasteiger partial charge in [0.2, 0.25) is 0 Å². The van der Waals surface area contributed by atoms with E-state index in [-0.39, 0.29) is 13.2 Å². The van der Waals surface area contributed by atoms with Gasteiger partial charge in [0.15, 0.2) is 0 Å². The number of nitrogens with two attached hydrogens (primary N) is 1. The number of rotatable bonds is 5. The molecule has 0 fully saturated rings. The van der Waals surface area contributed by atoms with Crippen LogP contribution in [-0.2, 0) is 14.3 Å². The molecule has 0 saturated heterocycles. The first-order valence-electron chi connectivity index (χ1n) is 3.32. The van der Waals surface area contributed by atoms with E-state index in [2.05, 4.69) is 4.74 Å². The van der Waals surface area contributed by atoms with E-state index >= 15 is 0 Å². The molecule has 0 saturated carbocycles. The Morgan fingerprint density at radius 3 is 2.50 bits per heavy atom. The minimum Gasteiger partial charge on any atom is -0.481 e. The average Bonchev–Trinajstić information content (AvgIpc) is 1.98. The SMILES string of the molecule is N[C@@H](CC(=O)O)C(=O)OCCO. The highest BCUT2D eigenvalue weighted by Gasteiger charge is 2.17. The number of ether oxygens (including phenoxy) is 1. The van der Waals surface area contributed by atoms with Crippen molar-refractivity contribution in [2.75, 3.05) is 13.2 Å². The third-order valence-electron chi connectivity index (χ3n) is 1.03. The number of aliphatic hydroxyl groups excluding tert-OH is 1. The van der Waals surface area contributed by atoms with Gasteiger partial charge in [-0.2, -0.15) is 0 Å². The number of carbonyl (C=O) groups is 2. The van der Waals surface area contributed by atoms with Crippen molar-refractivity contribution in [2.45, 2.75) is 12.5 Å². The number of carboxylic acids is 1. The Kier molecular flexibility index (Phi) is 4.98. The number of carbonyl (C=O) groups excluding carboxylic acids is 1. The zero-order valence-corrected chi connectivity index (χ0v) is 6.40. The summed E-state index contributed by atoms with van der Waals surface area (Å²) in [5, 5.41) is 16.5. The smallest absolute Gasteiger partial charge is 0.323 e. The molecule has 0 rings (SSSR count). The first-order valence-corrected chi connectivity index (χ1v) is 3.32. The third-order valence-corrected chi connectivity index (χ3v) is 1.03. The van der Waals surface area contributed by atoms with E-state index in [1.807, 2.05) is 0 Å². The van der Waals surface area contributed by atoms with Crippen LogP contribution in [0.3, 0.4) is 0 Å². The standard InChI is InChI=1S/C6H11NO5/c7-4(3-5(9)10)6(11)12-2-1-8/h4,8H,1-3,7H2,(H,9,10)/t4-/m0/s1. The lowest BCUT2D eigenvalue weighted by molar-refractivity contribution is -0.150. The minimum atomic E-state index is -1.16. The molecule has 1 atom stereocenters. The molecule has 70 valence electrons. The zero-order chi connectivity index (χ0) is 9.56. The lowest BCUT2D eigenvalue weighted by Gasteiger charge is -2.07. The minimum absolute atomic E-state index is 0.161. The summed E-state index contributed by atoms with van der Waals surface area (Å²) in [6, 6.07) is -1.16. The highest BCUT2D eigenvalue weighted by atomic mass is 16.5. The van der Waals surface area contributed by atoms with Crippen LogP contribution in [0.25, 0.3) is 0 Å². The van der Waals surface area contributed by atoms with E-state index in [0.29, 0.717) is 0 Å². The summed E-state index contributed by atoms with van der Waals surface area (Å²) in [6.07, 6.45) is -0.468. The monoisotopic (exact) mass is 177 g/mol. The van der Waals surface area contributed by atoms with Crippen LogP contribution in [0.4, 0.5) is 0 Å². The van der Waals surface area contributed by atoms with Crippen molar-refractivity contribution in [1.82, 2.24) is 0 Å². The predicted molar refractivity (Wildman–Crippen MR) is 38.3 cm³/mol. The molecule has 0 aliphatic heterocycles. The molecule has 0 aliphatic carbocycles. The zero-order valence-electron chi connectivity index (χ0n) is 6.40. The molecular formula is C6H11NO5. The van der Waals surface area contributed by atoms with Crippen molar-refractivity contribution in [3.8, 4) is 0 Å². The number of hydrogen-bond donors (Lipinski definition) is 3. The first-order chi connectivity index (χ1) is 5.57. The van der Waals surface area contributed by atoms with Gasteiger partial charge in [-0.1, -0.05) is 0 Å². The molecule has 4 N–H and O–H groups in total. The van der Waals surface area contributed by atoms with Crippen molar-refractivity contribution in [1.29, 1.82) is 0 Å². The van der Waals surface area contributed by atoms with Crippen LogP contribution in [0.15, 0.2) is 0 Å². The van der Waals surface area contributed by atoms with Gasteiger partial charge in [0.1, 0.15) is 12.6 Å². The van der Waals surface area contributed by atoms with Crippen molar-refractivity contribution in [3.05, 3.63) is 0 Å². The fourth-order valence-corrected chi connectivity index (χ4v) is 0.525. The van der Waals surface area contributed by atoms with Gasteiger partial charge in [0.05, 0.1) is 13.0 Å². The summed E-state index contributed by atoms with van der Waals surface area (Å²) in [7, 11) is 0. The van der Waals surface area contributed by atoms with E-state index in [4.69, 9.17) is 15.9 Å². The highest BCUT2D eigenvalue weighted by Crippen LogP contribution is 1.91. The Morgan fingerprint density at radius 1 is 1.50 bits per heavy atom. The topological polar surface area (TPSA) is 110 Å². The van der Waals surface area contributed by atoms with E-state index in [9.17, 15) is 9.59 Å². The summed E-state index contributed by atoms with van der Waals surface area (Å²) in [5.41, 5.74) is 5.12. The van der Waals surface area contributed by atoms with Crippen LogP contribution < -0.4 is 5.73 Å². The molecule has 6 nitrogen and oxygen atoms in total. The van der Waals surface area contributed by atoms with Crippen LogP contribution in [0.5, 0.6) is 0 Å². The number of esters is 1. The van der Waals surface area contributed by atoms with Gasteiger partial charge >= 0.3 is 11.9 Å². The molecule has 12 heavy (non-hydrogen) atoms. The Balaban J connectivity index is 3.69. The largest absolute Gasteiger partial charge is 0.481 e. The molecule has 6 heteroatoms. The fourth-order valence-electron chi connectivity index (χ4n) is 0.525. The van der Waals surface area contributed by atoms with E-state index in [1.54, 1.807) is 0 Å². The van der Waals surface area contributed by atoms with Gasteiger partial charge in [-0.3, -0.25) is 9.59 Å².